The largest absolute Gasteiger partial charge is 0.337 e. The Morgan fingerprint density at radius 2 is 2.40 bits per heavy atom. The number of pyridine rings is 1. The van der Waals surface area contributed by atoms with Gasteiger partial charge in [-0.05, 0) is 12.5 Å². The quantitative estimate of drug-likeness (QED) is 0.686. The lowest BCUT2D eigenvalue weighted by molar-refractivity contribution is 0.0792. The number of hydrogen-bond donors (Lipinski definition) is 0. The minimum atomic E-state index is -0.498. The number of aromatic nitrogens is 1. The van der Waals surface area contributed by atoms with E-state index in [0.717, 1.165) is 12.6 Å². The van der Waals surface area contributed by atoms with Crippen molar-refractivity contribution in [2.24, 2.45) is 0 Å². The molecule has 1 saturated heterocycles. The van der Waals surface area contributed by atoms with Crippen molar-refractivity contribution < 1.29 is 9.18 Å². The summed E-state index contributed by atoms with van der Waals surface area (Å²) in [4.78, 5) is 17.1. The Balaban J connectivity index is 2.14. The van der Waals surface area contributed by atoms with E-state index in [9.17, 15) is 9.18 Å². The zero-order valence-corrected chi connectivity index (χ0v) is 8.75. The van der Waals surface area contributed by atoms with Gasteiger partial charge in [0.2, 0.25) is 0 Å². The molecular weight excluding hydrogens is 219 g/mol. The van der Waals surface area contributed by atoms with E-state index in [2.05, 4.69) is 4.98 Å². The van der Waals surface area contributed by atoms with Crippen LogP contribution in [0.25, 0.3) is 0 Å². The van der Waals surface area contributed by atoms with E-state index >= 15 is 0 Å². The fourth-order valence-corrected chi connectivity index (χ4v) is 1.88. The minimum Gasteiger partial charge on any atom is -0.337 e. The molecule has 80 valence electrons. The molecule has 1 amide bonds. The average molecular weight is 229 g/mol. The van der Waals surface area contributed by atoms with Crippen LogP contribution in [0.1, 0.15) is 16.8 Å². The van der Waals surface area contributed by atoms with Gasteiger partial charge in [-0.3, -0.25) is 9.78 Å². The number of nitrogens with zero attached hydrogens (tertiary/aromatic N) is 2. The molecule has 1 fully saturated rings. The first-order valence-electron chi connectivity index (χ1n) is 4.70. The molecule has 0 N–H and O–H groups in total. The molecule has 0 aliphatic carbocycles. The van der Waals surface area contributed by atoms with Crippen LogP contribution in [0.3, 0.4) is 0 Å². The second-order valence-corrected chi connectivity index (χ2v) is 4.15. The molecule has 0 saturated carbocycles. The van der Waals surface area contributed by atoms with Crippen LogP contribution in [0, 0.1) is 5.82 Å². The first-order valence-corrected chi connectivity index (χ1v) is 5.14. The highest BCUT2D eigenvalue weighted by Gasteiger charge is 2.25. The van der Waals surface area contributed by atoms with E-state index in [1.807, 2.05) is 0 Å². The first kappa shape index (κ1) is 10.4. The van der Waals surface area contributed by atoms with Crippen molar-refractivity contribution in [3.63, 3.8) is 0 Å². The molecule has 5 heteroatoms. The highest BCUT2D eigenvalue weighted by atomic mass is 35.5. The monoisotopic (exact) mass is 228 g/mol. The molecule has 15 heavy (non-hydrogen) atoms. The van der Waals surface area contributed by atoms with Gasteiger partial charge in [0.15, 0.2) is 0 Å². The fourth-order valence-electron chi connectivity index (χ4n) is 1.61. The maximum Gasteiger partial charge on any atom is 0.255 e. The number of likely N-dealkylation sites (tertiary alicyclic amines) is 1. The number of hydrogen-bond acceptors (Lipinski definition) is 2. The molecule has 3 nitrogen and oxygen atoms in total. The predicted octanol–water partition coefficient (Wildman–Crippen LogP) is 1.67. The van der Waals surface area contributed by atoms with Crippen LogP contribution in [-0.2, 0) is 0 Å². The zero-order chi connectivity index (χ0) is 10.8. The molecule has 0 bridgehead atoms. The van der Waals surface area contributed by atoms with Crippen LogP contribution in [0.2, 0.25) is 0 Å². The van der Waals surface area contributed by atoms with Gasteiger partial charge in [-0.2, -0.15) is 0 Å². The highest BCUT2D eigenvalue weighted by Crippen LogP contribution is 2.17. The van der Waals surface area contributed by atoms with Gasteiger partial charge in [-0.15, -0.1) is 11.6 Å². The van der Waals surface area contributed by atoms with E-state index in [0.29, 0.717) is 13.1 Å². The summed E-state index contributed by atoms with van der Waals surface area (Å²) in [7, 11) is 0. The van der Waals surface area contributed by atoms with Gasteiger partial charge in [0.1, 0.15) is 5.82 Å². The lowest BCUT2D eigenvalue weighted by Gasteiger charge is -2.14. The summed E-state index contributed by atoms with van der Waals surface area (Å²) >= 11 is 5.89. The fraction of sp³-hybridized carbons (Fsp3) is 0.400. The van der Waals surface area contributed by atoms with Gasteiger partial charge < -0.3 is 4.90 Å². The van der Waals surface area contributed by atoms with Crippen molar-refractivity contribution in [2.45, 2.75) is 11.8 Å². The number of carbonyl (C=O) groups is 1. The summed E-state index contributed by atoms with van der Waals surface area (Å²) in [5, 5.41) is 0.00969. The minimum absolute atomic E-state index is 0.00969. The summed E-state index contributed by atoms with van der Waals surface area (Å²) in [5.41, 5.74) is 0.278. The van der Waals surface area contributed by atoms with Crippen LogP contribution in [0.15, 0.2) is 18.5 Å². The number of amides is 1. The lowest BCUT2D eigenvalue weighted by atomic mass is 10.2. The Hall–Kier alpha value is -1.16. The molecule has 1 aromatic heterocycles. The van der Waals surface area contributed by atoms with Crippen molar-refractivity contribution in [1.82, 2.24) is 9.88 Å². The molecule has 1 aromatic rings. The third kappa shape index (κ3) is 2.26. The Labute approximate surface area is 91.9 Å². The smallest absolute Gasteiger partial charge is 0.255 e. The van der Waals surface area contributed by atoms with E-state index in [-0.39, 0.29) is 16.8 Å². The summed E-state index contributed by atoms with van der Waals surface area (Å²) in [6, 6.07) is 1.19. The molecule has 1 atom stereocenters. The van der Waals surface area contributed by atoms with Crippen LogP contribution in [0.4, 0.5) is 4.39 Å². The van der Waals surface area contributed by atoms with Crippen molar-refractivity contribution >= 4 is 17.5 Å². The molecule has 0 spiro atoms. The normalized spacial score (nSPS) is 20.7. The Kier molecular flexibility index (Phi) is 2.86. The van der Waals surface area contributed by atoms with E-state index in [1.54, 1.807) is 4.90 Å². The topological polar surface area (TPSA) is 33.2 Å². The predicted molar refractivity (Wildman–Crippen MR) is 54.4 cm³/mol. The molecule has 1 aliphatic rings. The molecular formula is C10H10ClFN2O. The third-order valence-electron chi connectivity index (χ3n) is 2.37. The maximum atomic E-state index is 12.8. The summed E-state index contributed by atoms with van der Waals surface area (Å²) < 4.78 is 12.8. The second-order valence-electron chi connectivity index (χ2n) is 3.53. The van der Waals surface area contributed by atoms with Gasteiger partial charge >= 0.3 is 0 Å². The molecule has 0 radical (unpaired) electrons. The SMILES string of the molecule is O=C(c1cncc(F)c1)N1CCC(Cl)C1. The van der Waals surface area contributed by atoms with Crippen LogP contribution < -0.4 is 0 Å². The summed E-state index contributed by atoms with van der Waals surface area (Å²) in [6.45, 7) is 1.15. The summed E-state index contributed by atoms with van der Waals surface area (Å²) in [6.07, 6.45) is 3.23. The van der Waals surface area contributed by atoms with E-state index in [1.165, 1.54) is 12.3 Å². The third-order valence-corrected chi connectivity index (χ3v) is 2.73. The maximum absolute atomic E-state index is 12.8. The van der Waals surface area contributed by atoms with Crippen LogP contribution in [-0.4, -0.2) is 34.3 Å². The van der Waals surface area contributed by atoms with Gasteiger partial charge in [0.05, 0.1) is 17.1 Å². The van der Waals surface area contributed by atoms with Gasteiger partial charge in [0, 0.05) is 19.3 Å². The number of carbonyl (C=O) groups excluding carboxylic acids is 1. The van der Waals surface area contributed by atoms with Crippen molar-refractivity contribution in [1.29, 1.82) is 0 Å². The average Bonchev–Trinajstić information content (AvgIpc) is 2.64. The Bertz CT molecular complexity index is 385. The molecule has 2 heterocycles. The second kappa shape index (κ2) is 4.14. The van der Waals surface area contributed by atoms with Gasteiger partial charge in [-0.1, -0.05) is 0 Å². The highest BCUT2D eigenvalue weighted by molar-refractivity contribution is 6.21. The van der Waals surface area contributed by atoms with E-state index < -0.39 is 5.82 Å². The zero-order valence-electron chi connectivity index (χ0n) is 7.99. The molecule has 2 rings (SSSR count). The number of alkyl halides is 1. The lowest BCUT2D eigenvalue weighted by Crippen LogP contribution is -2.28. The standard InChI is InChI=1S/C10H10ClFN2O/c11-8-1-2-14(6-8)10(15)7-3-9(12)5-13-4-7/h3-5,8H,1-2,6H2. The summed E-state index contributed by atoms with van der Waals surface area (Å²) in [5.74, 6) is -0.701. The number of halogens is 2. The van der Waals surface area contributed by atoms with Crippen molar-refractivity contribution in [3.05, 3.63) is 29.8 Å². The van der Waals surface area contributed by atoms with Gasteiger partial charge in [-0.25, -0.2) is 4.39 Å². The van der Waals surface area contributed by atoms with E-state index in [4.69, 9.17) is 11.6 Å². The van der Waals surface area contributed by atoms with Crippen molar-refractivity contribution in [3.8, 4) is 0 Å². The van der Waals surface area contributed by atoms with Crippen LogP contribution >= 0.6 is 11.6 Å². The molecule has 0 aromatic carbocycles. The van der Waals surface area contributed by atoms with Crippen molar-refractivity contribution in [2.75, 3.05) is 13.1 Å². The molecule has 1 unspecified atom stereocenters. The first-order chi connectivity index (χ1) is 7.16. The Morgan fingerprint density at radius 1 is 1.60 bits per heavy atom. The number of rotatable bonds is 1. The Morgan fingerprint density at radius 3 is 3.00 bits per heavy atom. The molecule has 1 aliphatic heterocycles. The van der Waals surface area contributed by atoms with Gasteiger partial charge in [0.25, 0.3) is 5.91 Å². The van der Waals surface area contributed by atoms with Crippen LogP contribution in [0.5, 0.6) is 0 Å².